The van der Waals surface area contributed by atoms with E-state index in [-0.39, 0.29) is 11.8 Å². The van der Waals surface area contributed by atoms with Crippen LogP contribution in [0.4, 0.5) is 0 Å². The first-order valence-corrected chi connectivity index (χ1v) is 6.25. The average molecular weight is 235 g/mol. The summed E-state index contributed by atoms with van der Waals surface area (Å²) in [6, 6.07) is 6.90. The zero-order chi connectivity index (χ0) is 12.5. The van der Waals surface area contributed by atoms with E-state index in [1.807, 2.05) is 6.92 Å². The Hall–Kier alpha value is -1.06. The van der Waals surface area contributed by atoms with Crippen molar-refractivity contribution in [2.24, 2.45) is 5.92 Å². The molecule has 0 spiro atoms. The highest BCUT2D eigenvalue weighted by Gasteiger charge is 2.36. The fourth-order valence-corrected chi connectivity index (χ4v) is 2.54. The fraction of sp³-hybridized carbons (Fsp3) is 0.571. The molecule has 0 saturated carbocycles. The SMILES string of the molecule is CC1CCNC(C(C)(O)c2ccc(O)cc2)C1. The second kappa shape index (κ2) is 4.67. The molecule has 3 heteroatoms. The molecule has 1 aromatic rings. The van der Waals surface area contributed by atoms with Gasteiger partial charge >= 0.3 is 0 Å². The maximum atomic E-state index is 10.7. The molecule has 3 N–H and O–H groups in total. The Bertz CT molecular complexity index is 372. The molecule has 1 saturated heterocycles. The van der Waals surface area contributed by atoms with Crippen LogP contribution >= 0.6 is 0 Å². The molecule has 94 valence electrons. The van der Waals surface area contributed by atoms with E-state index in [0.717, 1.165) is 18.5 Å². The molecule has 3 atom stereocenters. The Kier molecular flexibility index (Phi) is 3.40. The Morgan fingerprint density at radius 2 is 1.94 bits per heavy atom. The Morgan fingerprint density at radius 3 is 2.53 bits per heavy atom. The summed E-state index contributed by atoms with van der Waals surface area (Å²) < 4.78 is 0. The molecule has 3 unspecified atom stereocenters. The standard InChI is InChI=1S/C14H21NO2/c1-10-7-8-15-13(9-10)14(2,17)11-3-5-12(16)6-4-11/h3-6,10,13,15-17H,7-9H2,1-2H3. The van der Waals surface area contributed by atoms with Crippen molar-refractivity contribution in [1.29, 1.82) is 0 Å². The van der Waals surface area contributed by atoms with E-state index in [2.05, 4.69) is 12.2 Å². The van der Waals surface area contributed by atoms with Gasteiger partial charge in [-0.2, -0.15) is 0 Å². The lowest BCUT2D eigenvalue weighted by Gasteiger charge is -2.39. The van der Waals surface area contributed by atoms with Crippen LogP contribution < -0.4 is 5.32 Å². The number of aliphatic hydroxyl groups is 1. The normalized spacial score (nSPS) is 28.6. The van der Waals surface area contributed by atoms with Crippen LogP contribution in [0.25, 0.3) is 0 Å². The average Bonchev–Trinajstić information content (AvgIpc) is 2.29. The maximum Gasteiger partial charge on any atom is 0.115 e. The largest absolute Gasteiger partial charge is 0.508 e. The zero-order valence-electron chi connectivity index (χ0n) is 10.5. The molecule has 0 aliphatic carbocycles. The van der Waals surface area contributed by atoms with E-state index < -0.39 is 5.60 Å². The minimum absolute atomic E-state index is 0.0794. The smallest absolute Gasteiger partial charge is 0.115 e. The number of phenolic OH excluding ortho intramolecular Hbond substituents is 1. The van der Waals surface area contributed by atoms with Gasteiger partial charge in [0.05, 0.1) is 0 Å². The highest BCUT2D eigenvalue weighted by molar-refractivity contribution is 5.30. The summed E-state index contributed by atoms with van der Waals surface area (Å²) in [4.78, 5) is 0. The molecule has 0 aromatic heterocycles. The Balaban J connectivity index is 2.19. The van der Waals surface area contributed by atoms with Crippen molar-refractivity contribution < 1.29 is 10.2 Å². The predicted molar refractivity (Wildman–Crippen MR) is 67.9 cm³/mol. The van der Waals surface area contributed by atoms with E-state index in [0.29, 0.717) is 5.92 Å². The summed E-state index contributed by atoms with van der Waals surface area (Å²) in [6.45, 7) is 5.02. The molecule has 1 fully saturated rings. The van der Waals surface area contributed by atoms with Crippen molar-refractivity contribution >= 4 is 0 Å². The van der Waals surface area contributed by atoms with Gasteiger partial charge in [0.15, 0.2) is 0 Å². The molecule has 0 bridgehead atoms. The highest BCUT2D eigenvalue weighted by atomic mass is 16.3. The van der Waals surface area contributed by atoms with Crippen LogP contribution in [0.1, 0.15) is 32.3 Å². The van der Waals surface area contributed by atoms with Crippen molar-refractivity contribution in [2.75, 3.05) is 6.54 Å². The minimum Gasteiger partial charge on any atom is -0.508 e. The Labute approximate surface area is 102 Å². The van der Waals surface area contributed by atoms with Crippen LogP contribution in [0.5, 0.6) is 5.75 Å². The van der Waals surface area contributed by atoms with Gasteiger partial charge in [0.2, 0.25) is 0 Å². The minimum atomic E-state index is -0.887. The Morgan fingerprint density at radius 1 is 1.29 bits per heavy atom. The monoisotopic (exact) mass is 235 g/mol. The predicted octanol–water partition coefficient (Wildman–Crippen LogP) is 1.99. The lowest BCUT2D eigenvalue weighted by Crippen LogP contribution is -2.50. The van der Waals surface area contributed by atoms with Gasteiger partial charge in [0, 0.05) is 6.04 Å². The lowest BCUT2D eigenvalue weighted by atomic mass is 9.80. The number of benzene rings is 1. The van der Waals surface area contributed by atoms with Gasteiger partial charge in [-0.3, -0.25) is 0 Å². The van der Waals surface area contributed by atoms with E-state index in [1.165, 1.54) is 6.42 Å². The number of aromatic hydroxyl groups is 1. The van der Waals surface area contributed by atoms with Crippen LogP contribution in [-0.2, 0) is 5.60 Å². The third kappa shape index (κ3) is 2.61. The first-order chi connectivity index (χ1) is 8.00. The van der Waals surface area contributed by atoms with Crippen LogP contribution in [0.2, 0.25) is 0 Å². The van der Waals surface area contributed by atoms with Gasteiger partial charge in [0.1, 0.15) is 11.4 Å². The molecule has 0 amide bonds. The number of piperidine rings is 1. The zero-order valence-corrected chi connectivity index (χ0v) is 10.5. The first kappa shape index (κ1) is 12.4. The fourth-order valence-electron chi connectivity index (χ4n) is 2.54. The van der Waals surface area contributed by atoms with Crippen molar-refractivity contribution in [3.8, 4) is 5.75 Å². The molecule has 1 aliphatic rings. The molecule has 0 radical (unpaired) electrons. The van der Waals surface area contributed by atoms with Crippen LogP contribution in [0, 0.1) is 5.92 Å². The number of phenols is 1. The number of rotatable bonds is 2. The van der Waals surface area contributed by atoms with Gasteiger partial charge in [-0.15, -0.1) is 0 Å². The summed E-state index contributed by atoms with van der Waals surface area (Å²) in [5.41, 5.74) is -0.0375. The van der Waals surface area contributed by atoms with Gasteiger partial charge in [-0.25, -0.2) is 0 Å². The van der Waals surface area contributed by atoms with Crippen molar-refractivity contribution in [3.63, 3.8) is 0 Å². The van der Waals surface area contributed by atoms with Crippen LogP contribution in [0.3, 0.4) is 0 Å². The molecule has 1 heterocycles. The molecule has 3 nitrogen and oxygen atoms in total. The summed E-state index contributed by atoms with van der Waals surface area (Å²) >= 11 is 0. The first-order valence-electron chi connectivity index (χ1n) is 6.25. The summed E-state index contributed by atoms with van der Waals surface area (Å²) in [6.07, 6.45) is 2.15. The molecule has 1 aliphatic heterocycles. The van der Waals surface area contributed by atoms with Crippen molar-refractivity contribution in [2.45, 2.75) is 38.3 Å². The van der Waals surface area contributed by atoms with E-state index in [4.69, 9.17) is 0 Å². The molecule has 17 heavy (non-hydrogen) atoms. The van der Waals surface area contributed by atoms with E-state index in [9.17, 15) is 10.2 Å². The molecule has 1 aromatic carbocycles. The molecular weight excluding hydrogens is 214 g/mol. The van der Waals surface area contributed by atoms with Crippen molar-refractivity contribution in [1.82, 2.24) is 5.32 Å². The van der Waals surface area contributed by atoms with Crippen molar-refractivity contribution in [3.05, 3.63) is 29.8 Å². The van der Waals surface area contributed by atoms with Crippen LogP contribution in [0.15, 0.2) is 24.3 Å². The highest BCUT2D eigenvalue weighted by Crippen LogP contribution is 2.31. The summed E-state index contributed by atoms with van der Waals surface area (Å²) in [7, 11) is 0. The maximum absolute atomic E-state index is 10.7. The number of hydrogen-bond acceptors (Lipinski definition) is 3. The van der Waals surface area contributed by atoms with Gasteiger partial charge in [-0.05, 0) is 49.9 Å². The topological polar surface area (TPSA) is 52.5 Å². The van der Waals surface area contributed by atoms with Gasteiger partial charge in [-0.1, -0.05) is 19.1 Å². The third-order valence-electron chi connectivity index (χ3n) is 3.80. The van der Waals surface area contributed by atoms with Gasteiger partial charge in [0.25, 0.3) is 0 Å². The number of hydrogen-bond donors (Lipinski definition) is 3. The number of nitrogens with one attached hydrogen (secondary N) is 1. The lowest BCUT2D eigenvalue weighted by molar-refractivity contribution is -0.00142. The summed E-state index contributed by atoms with van der Waals surface area (Å²) in [5.74, 6) is 0.874. The quantitative estimate of drug-likeness (QED) is 0.734. The molecular formula is C14H21NO2. The van der Waals surface area contributed by atoms with E-state index in [1.54, 1.807) is 24.3 Å². The third-order valence-corrected chi connectivity index (χ3v) is 3.80. The summed E-state index contributed by atoms with van der Waals surface area (Å²) in [5, 5.41) is 23.3. The second-order valence-electron chi connectivity index (χ2n) is 5.33. The van der Waals surface area contributed by atoms with E-state index >= 15 is 0 Å². The van der Waals surface area contributed by atoms with Crippen LogP contribution in [-0.4, -0.2) is 22.8 Å². The molecule has 2 rings (SSSR count). The second-order valence-corrected chi connectivity index (χ2v) is 5.33. The van der Waals surface area contributed by atoms with Gasteiger partial charge < -0.3 is 15.5 Å².